The highest BCUT2D eigenvalue weighted by Gasteiger charge is 2.17. The normalized spacial score (nSPS) is 11.5. The average molecular weight is 311 g/mol. The second-order valence-electron chi connectivity index (χ2n) is 4.05. The van der Waals surface area contributed by atoms with Crippen LogP contribution in [0.1, 0.15) is 23.1 Å². The lowest BCUT2D eigenvalue weighted by atomic mass is 10.3. The van der Waals surface area contributed by atoms with E-state index in [2.05, 4.69) is 19.9 Å². The summed E-state index contributed by atoms with van der Waals surface area (Å²) in [4.78, 5) is 14.3. The number of nitrogens with one attached hydrogen (secondary N) is 1. The van der Waals surface area contributed by atoms with Crippen molar-refractivity contribution in [2.45, 2.75) is 25.0 Å². The molecule has 0 atom stereocenters. The fraction of sp³-hybridized carbons (Fsp3) is 0.273. The molecule has 0 saturated heterocycles. The molecule has 2 N–H and O–H groups in total. The third-order valence-corrected chi connectivity index (χ3v) is 4.03. The Balaban J connectivity index is 2.13. The summed E-state index contributed by atoms with van der Waals surface area (Å²) in [6.45, 7) is 2.47. The molecule has 0 aliphatic heterocycles. The van der Waals surface area contributed by atoms with Gasteiger partial charge in [-0.05, 0) is 19.1 Å². The minimum Gasteiger partial charge on any atom is -0.478 e. The van der Waals surface area contributed by atoms with Crippen molar-refractivity contribution in [1.82, 2.24) is 24.5 Å². The van der Waals surface area contributed by atoms with Crippen molar-refractivity contribution in [3.05, 3.63) is 36.0 Å². The minimum absolute atomic E-state index is 0.0292. The Morgan fingerprint density at radius 1 is 1.43 bits per heavy atom. The summed E-state index contributed by atoms with van der Waals surface area (Å²) in [5, 5.41) is 16.0. The maximum Gasteiger partial charge on any atom is 0.337 e. The fourth-order valence-corrected chi connectivity index (χ4v) is 2.48. The van der Waals surface area contributed by atoms with E-state index in [1.807, 2.05) is 6.92 Å². The zero-order valence-corrected chi connectivity index (χ0v) is 11.9. The van der Waals surface area contributed by atoms with Gasteiger partial charge in [-0.2, -0.15) is 0 Å². The van der Waals surface area contributed by atoms with Crippen LogP contribution in [0.3, 0.4) is 0 Å². The van der Waals surface area contributed by atoms with Gasteiger partial charge in [0.15, 0.2) is 5.03 Å². The lowest BCUT2D eigenvalue weighted by Crippen LogP contribution is -2.25. The molecule has 2 aromatic rings. The number of aryl methyl sites for hydroxylation is 1. The van der Waals surface area contributed by atoms with Gasteiger partial charge in [0, 0.05) is 12.7 Å². The van der Waals surface area contributed by atoms with Crippen LogP contribution < -0.4 is 4.72 Å². The van der Waals surface area contributed by atoms with Crippen molar-refractivity contribution in [1.29, 1.82) is 0 Å². The highest BCUT2D eigenvalue weighted by Crippen LogP contribution is 2.07. The first kappa shape index (κ1) is 15.1. The average Bonchev–Trinajstić information content (AvgIpc) is 2.93. The van der Waals surface area contributed by atoms with E-state index in [0.717, 1.165) is 12.3 Å². The van der Waals surface area contributed by atoms with Crippen LogP contribution >= 0.6 is 0 Å². The Bertz CT molecular complexity index is 738. The molecule has 0 saturated carbocycles. The van der Waals surface area contributed by atoms with E-state index in [-0.39, 0.29) is 17.1 Å². The second-order valence-corrected chi connectivity index (χ2v) is 5.76. The number of rotatable bonds is 6. The van der Waals surface area contributed by atoms with E-state index in [4.69, 9.17) is 5.11 Å². The summed E-state index contributed by atoms with van der Waals surface area (Å²) in [6.07, 6.45) is 2.50. The van der Waals surface area contributed by atoms with Gasteiger partial charge in [-0.1, -0.05) is 0 Å². The second kappa shape index (κ2) is 5.97. The Kier molecular flexibility index (Phi) is 4.29. The van der Waals surface area contributed by atoms with E-state index in [0.29, 0.717) is 12.4 Å². The van der Waals surface area contributed by atoms with Crippen molar-refractivity contribution in [2.24, 2.45) is 0 Å². The molecule has 0 fully saturated rings. The number of carboxylic acids is 1. The molecule has 9 nitrogen and oxygen atoms in total. The van der Waals surface area contributed by atoms with Crippen molar-refractivity contribution in [3.63, 3.8) is 0 Å². The van der Waals surface area contributed by atoms with Crippen LogP contribution in [-0.4, -0.2) is 39.2 Å². The highest BCUT2D eigenvalue weighted by molar-refractivity contribution is 7.89. The number of nitrogens with zero attached hydrogens (tertiary/aromatic N) is 4. The number of aromatic carboxylic acids is 1. The quantitative estimate of drug-likeness (QED) is 0.760. The van der Waals surface area contributed by atoms with Gasteiger partial charge >= 0.3 is 5.97 Å². The van der Waals surface area contributed by atoms with Crippen molar-refractivity contribution in [3.8, 4) is 0 Å². The Morgan fingerprint density at radius 3 is 2.76 bits per heavy atom. The smallest absolute Gasteiger partial charge is 0.337 e. The molecule has 0 spiro atoms. The van der Waals surface area contributed by atoms with E-state index < -0.39 is 16.0 Å². The maximum atomic E-state index is 12.0. The molecule has 10 heteroatoms. The summed E-state index contributed by atoms with van der Waals surface area (Å²) in [5.41, 5.74) is -0.0836. The lowest BCUT2D eigenvalue weighted by molar-refractivity contribution is 0.0696. The molecule has 0 bridgehead atoms. The predicted molar refractivity (Wildman–Crippen MR) is 70.9 cm³/mol. The van der Waals surface area contributed by atoms with Crippen molar-refractivity contribution < 1.29 is 18.3 Å². The van der Waals surface area contributed by atoms with Gasteiger partial charge in [0.1, 0.15) is 12.2 Å². The molecule has 2 rings (SSSR count). The topological polar surface area (TPSA) is 127 Å². The molecule has 0 unspecified atom stereocenters. The molecule has 2 aromatic heterocycles. The highest BCUT2D eigenvalue weighted by atomic mass is 32.2. The van der Waals surface area contributed by atoms with Crippen LogP contribution in [0.25, 0.3) is 0 Å². The molecule has 21 heavy (non-hydrogen) atoms. The minimum atomic E-state index is -3.84. The Morgan fingerprint density at radius 2 is 2.19 bits per heavy atom. The van der Waals surface area contributed by atoms with Crippen LogP contribution in [0.15, 0.2) is 29.7 Å². The van der Waals surface area contributed by atoms with E-state index in [1.165, 1.54) is 12.4 Å². The number of pyridine rings is 1. The molecule has 0 aromatic carbocycles. The molecule has 2 heterocycles. The number of carbonyl (C=O) groups is 1. The maximum absolute atomic E-state index is 12.0. The molecule has 0 aliphatic carbocycles. The van der Waals surface area contributed by atoms with Crippen molar-refractivity contribution >= 4 is 16.0 Å². The third-order valence-electron chi connectivity index (χ3n) is 2.72. The zero-order valence-electron chi connectivity index (χ0n) is 11.1. The lowest BCUT2D eigenvalue weighted by Gasteiger charge is -2.06. The summed E-state index contributed by atoms with van der Waals surface area (Å²) >= 11 is 0. The molecule has 112 valence electrons. The number of sulfonamides is 1. The number of hydrogen-bond acceptors (Lipinski definition) is 6. The largest absolute Gasteiger partial charge is 0.478 e. The molecular weight excluding hydrogens is 298 g/mol. The standard InChI is InChI=1S/C11H13N5O4S/c1-2-16-7-13-15-9(16)6-14-21(19,20)10-4-3-8(5-12-10)11(17)18/h3-5,7,14H,2,6H2,1H3,(H,17,18). The summed E-state index contributed by atoms with van der Waals surface area (Å²) < 4.78 is 28.1. The van der Waals surface area contributed by atoms with Gasteiger partial charge in [-0.3, -0.25) is 0 Å². The van der Waals surface area contributed by atoms with E-state index in [9.17, 15) is 13.2 Å². The van der Waals surface area contributed by atoms with E-state index >= 15 is 0 Å². The van der Waals surface area contributed by atoms with Crippen LogP contribution in [0.2, 0.25) is 0 Å². The molecular formula is C11H13N5O4S. The molecule has 0 aliphatic rings. The Labute approximate surface area is 120 Å². The van der Waals surface area contributed by atoms with Gasteiger partial charge in [0.2, 0.25) is 0 Å². The first-order valence-corrected chi connectivity index (χ1v) is 7.48. The van der Waals surface area contributed by atoms with Gasteiger partial charge in [0.25, 0.3) is 10.0 Å². The summed E-state index contributed by atoms with van der Waals surface area (Å²) in [5.74, 6) is -0.696. The molecule has 0 radical (unpaired) electrons. The van der Waals surface area contributed by atoms with Crippen LogP contribution in [0.4, 0.5) is 0 Å². The van der Waals surface area contributed by atoms with Gasteiger partial charge in [-0.15, -0.1) is 10.2 Å². The predicted octanol–water partition coefficient (Wildman–Crippen LogP) is -0.130. The number of aromatic nitrogens is 4. The fourth-order valence-electron chi connectivity index (χ4n) is 1.58. The first-order chi connectivity index (χ1) is 9.94. The van der Waals surface area contributed by atoms with Crippen molar-refractivity contribution in [2.75, 3.05) is 0 Å². The first-order valence-electron chi connectivity index (χ1n) is 5.99. The van der Waals surface area contributed by atoms with Crippen LogP contribution in [0, 0.1) is 0 Å². The monoisotopic (exact) mass is 311 g/mol. The van der Waals surface area contributed by atoms with Gasteiger partial charge in [0.05, 0.1) is 12.1 Å². The van der Waals surface area contributed by atoms with Crippen LogP contribution in [-0.2, 0) is 23.1 Å². The SMILES string of the molecule is CCn1cnnc1CNS(=O)(=O)c1ccc(C(=O)O)cn1. The Hall–Kier alpha value is -2.33. The van der Waals surface area contributed by atoms with Gasteiger partial charge in [-0.25, -0.2) is 22.9 Å². The van der Waals surface area contributed by atoms with Crippen LogP contribution in [0.5, 0.6) is 0 Å². The number of carboxylic acid groups (broad SMARTS) is 1. The third kappa shape index (κ3) is 3.41. The zero-order chi connectivity index (χ0) is 15.5. The molecule has 0 amide bonds. The van der Waals surface area contributed by atoms with E-state index in [1.54, 1.807) is 4.57 Å². The van der Waals surface area contributed by atoms with Gasteiger partial charge < -0.3 is 9.67 Å². The summed E-state index contributed by atoms with van der Waals surface area (Å²) in [6, 6.07) is 2.31. The summed E-state index contributed by atoms with van der Waals surface area (Å²) in [7, 11) is -3.84. The number of hydrogen-bond donors (Lipinski definition) is 2.